The van der Waals surface area contributed by atoms with Gasteiger partial charge in [-0.05, 0) is 56.6 Å². The lowest BCUT2D eigenvalue weighted by atomic mass is 9.98. The molecule has 1 unspecified atom stereocenters. The Kier molecular flexibility index (Phi) is 6.12. The predicted octanol–water partition coefficient (Wildman–Crippen LogP) is 4.28. The van der Waals surface area contributed by atoms with Crippen molar-refractivity contribution >= 4 is 11.7 Å². The molecule has 138 valence electrons. The number of carbonyl (C=O) groups excluding carboxylic acids is 1. The number of hydrogen-bond donors (Lipinski definition) is 1. The summed E-state index contributed by atoms with van der Waals surface area (Å²) in [6, 6.07) is 17.0. The van der Waals surface area contributed by atoms with Gasteiger partial charge in [-0.25, -0.2) is 4.79 Å². The predicted molar refractivity (Wildman–Crippen MR) is 105 cm³/mol. The van der Waals surface area contributed by atoms with Crippen molar-refractivity contribution in [2.45, 2.75) is 12.8 Å². The van der Waals surface area contributed by atoms with Crippen molar-refractivity contribution in [3.63, 3.8) is 0 Å². The molecule has 2 amide bonds. The second-order valence-electron chi connectivity index (χ2n) is 7.02. The zero-order valence-electron chi connectivity index (χ0n) is 15.5. The first-order valence-electron chi connectivity index (χ1n) is 9.14. The number of likely N-dealkylation sites (tertiary alicyclic amines) is 1. The Balaban J connectivity index is 1.56. The Bertz CT molecular complexity index is 720. The van der Waals surface area contributed by atoms with Crippen LogP contribution in [0.5, 0.6) is 11.5 Å². The molecular weight excluding hydrogens is 326 g/mol. The topological polar surface area (TPSA) is 44.8 Å². The van der Waals surface area contributed by atoms with Crippen LogP contribution < -0.4 is 10.1 Å². The van der Waals surface area contributed by atoms with E-state index in [1.54, 1.807) is 4.90 Å². The van der Waals surface area contributed by atoms with Crippen molar-refractivity contribution in [3.05, 3.63) is 54.6 Å². The first kappa shape index (κ1) is 18.3. The van der Waals surface area contributed by atoms with E-state index in [2.05, 4.69) is 17.3 Å². The van der Waals surface area contributed by atoms with E-state index in [1.807, 2.05) is 61.6 Å². The van der Waals surface area contributed by atoms with Crippen LogP contribution in [0.3, 0.4) is 0 Å². The van der Waals surface area contributed by atoms with Crippen LogP contribution in [-0.4, -0.2) is 49.6 Å². The Labute approximate surface area is 155 Å². The van der Waals surface area contributed by atoms with Crippen molar-refractivity contribution in [1.82, 2.24) is 9.80 Å². The first-order chi connectivity index (χ1) is 12.6. The van der Waals surface area contributed by atoms with Crippen LogP contribution in [-0.2, 0) is 0 Å². The lowest BCUT2D eigenvalue weighted by Crippen LogP contribution is -2.41. The summed E-state index contributed by atoms with van der Waals surface area (Å²) in [5, 5.41) is 2.96. The quantitative estimate of drug-likeness (QED) is 0.872. The molecule has 1 heterocycles. The zero-order valence-corrected chi connectivity index (χ0v) is 15.5. The molecule has 5 heteroatoms. The van der Waals surface area contributed by atoms with Crippen LogP contribution in [0, 0.1) is 5.92 Å². The van der Waals surface area contributed by atoms with Gasteiger partial charge in [-0.3, -0.25) is 0 Å². The van der Waals surface area contributed by atoms with E-state index in [-0.39, 0.29) is 6.03 Å². The van der Waals surface area contributed by atoms with Crippen molar-refractivity contribution in [2.75, 3.05) is 39.0 Å². The van der Waals surface area contributed by atoms with Gasteiger partial charge in [-0.1, -0.05) is 24.3 Å². The molecule has 2 aromatic carbocycles. The number of urea groups is 1. The van der Waals surface area contributed by atoms with Gasteiger partial charge in [0, 0.05) is 31.9 Å². The van der Waals surface area contributed by atoms with Crippen LogP contribution in [0.15, 0.2) is 54.6 Å². The number of nitrogens with zero attached hydrogens (tertiary/aromatic N) is 2. The minimum absolute atomic E-state index is 0.0879. The van der Waals surface area contributed by atoms with Crippen LogP contribution in [0.25, 0.3) is 0 Å². The molecule has 0 spiro atoms. The molecule has 0 radical (unpaired) electrons. The number of amides is 2. The van der Waals surface area contributed by atoms with Gasteiger partial charge >= 0.3 is 6.03 Å². The molecule has 1 N–H and O–H groups in total. The Morgan fingerprint density at radius 2 is 1.96 bits per heavy atom. The Hall–Kier alpha value is -2.53. The lowest BCUT2D eigenvalue weighted by molar-refractivity contribution is 0.170. The summed E-state index contributed by atoms with van der Waals surface area (Å²) < 4.78 is 5.82. The van der Waals surface area contributed by atoms with E-state index in [1.165, 1.54) is 12.8 Å². The van der Waals surface area contributed by atoms with E-state index in [0.717, 1.165) is 31.1 Å². The van der Waals surface area contributed by atoms with Gasteiger partial charge in [0.2, 0.25) is 0 Å². The number of para-hydroxylation sites is 1. The summed E-state index contributed by atoms with van der Waals surface area (Å²) in [6.45, 7) is 2.98. The highest BCUT2D eigenvalue weighted by Crippen LogP contribution is 2.24. The second-order valence-corrected chi connectivity index (χ2v) is 7.02. The SMILES string of the molecule is CN1CCCC(CN(C)C(=O)Nc2cccc(Oc3ccccc3)c2)C1. The molecule has 3 rings (SSSR count). The molecule has 26 heavy (non-hydrogen) atoms. The van der Waals surface area contributed by atoms with Crippen molar-refractivity contribution in [3.8, 4) is 11.5 Å². The maximum Gasteiger partial charge on any atom is 0.321 e. The maximum absolute atomic E-state index is 12.5. The fourth-order valence-corrected chi connectivity index (χ4v) is 3.37. The molecule has 1 fully saturated rings. The number of rotatable bonds is 5. The van der Waals surface area contributed by atoms with Crippen molar-refractivity contribution < 1.29 is 9.53 Å². The largest absolute Gasteiger partial charge is 0.457 e. The van der Waals surface area contributed by atoms with Gasteiger partial charge < -0.3 is 19.9 Å². The highest BCUT2D eigenvalue weighted by molar-refractivity contribution is 5.89. The van der Waals surface area contributed by atoms with Gasteiger partial charge in [0.15, 0.2) is 0 Å². The third kappa shape index (κ3) is 5.23. The third-order valence-corrected chi connectivity index (χ3v) is 4.67. The fourth-order valence-electron chi connectivity index (χ4n) is 3.37. The molecule has 5 nitrogen and oxygen atoms in total. The molecule has 0 aliphatic carbocycles. The summed E-state index contributed by atoms with van der Waals surface area (Å²) in [5.41, 5.74) is 0.732. The van der Waals surface area contributed by atoms with Gasteiger partial charge in [0.25, 0.3) is 0 Å². The number of piperidine rings is 1. The number of carbonyl (C=O) groups is 1. The van der Waals surface area contributed by atoms with E-state index in [9.17, 15) is 4.79 Å². The van der Waals surface area contributed by atoms with Gasteiger partial charge in [0.1, 0.15) is 11.5 Å². The highest BCUT2D eigenvalue weighted by Gasteiger charge is 2.20. The molecular formula is C21H27N3O2. The number of ether oxygens (including phenoxy) is 1. The summed E-state index contributed by atoms with van der Waals surface area (Å²) in [6.07, 6.45) is 2.39. The zero-order chi connectivity index (χ0) is 18.4. The van der Waals surface area contributed by atoms with E-state index in [0.29, 0.717) is 11.7 Å². The Morgan fingerprint density at radius 1 is 1.19 bits per heavy atom. The maximum atomic E-state index is 12.5. The number of benzene rings is 2. The minimum atomic E-state index is -0.0879. The molecule has 2 aromatic rings. The van der Waals surface area contributed by atoms with Crippen LogP contribution in [0.4, 0.5) is 10.5 Å². The third-order valence-electron chi connectivity index (χ3n) is 4.67. The monoisotopic (exact) mass is 353 g/mol. The van der Waals surface area contributed by atoms with E-state index < -0.39 is 0 Å². The van der Waals surface area contributed by atoms with Crippen LogP contribution in [0.2, 0.25) is 0 Å². The number of anilines is 1. The van der Waals surface area contributed by atoms with Gasteiger partial charge in [-0.15, -0.1) is 0 Å². The average Bonchev–Trinajstić information content (AvgIpc) is 2.63. The summed E-state index contributed by atoms with van der Waals surface area (Å²) in [4.78, 5) is 16.6. The Morgan fingerprint density at radius 3 is 2.73 bits per heavy atom. The number of nitrogens with one attached hydrogen (secondary N) is 1. The van der Waals surface area contributed by atoms with E-state index in [4.69, 9.17) is 4.74 Å². The van der Waals surface area contributed by atoms with Crippen molar-refractivity contribution in [2.24, 2.45) is 5.92 Å². The highest BCUT2D eigenvalue weighted by atomic mass is 16.5. The summed E-state index contributed by atoms with van der Waals surface area (Å²) in [7, 11) is 4.00. The summed E-state index contributed by atoms with van der Waals surface area (Å²) >= 11 is 0. The van der Waals surface area contributed by atoms with Crippen LogP contribution in [0.1, 0.15) is 12.8 Å². The molecule has 1 aliphatic heterocycles. The standard InChI is InChI=1S/C21H27N3O2/c1-23-13-7-8-17(15-23)16-24(2)21(25)22-18-9-6-12-20(14-18)26-19-10-4-3-5-11-19/h3-6,9-12,14,17H,7-8,13,15-16H2,1-2H3,(H,22,25). The van der Waals surface area contributed by atoms with Gasteiger partial charge in [0.05, 0.1) is 0 Å². The first-order valence-corrected chi connectivity index (χ1v) is 9.14. The normalized spacial score (nSPS) is 17.5. The molecule has 1 atom stereocenters. The average molecular weight is 353 g/mol. The van der Waals surface area contributed by atoms with Gasteiger partial charge in [-0.2, -0.15) is 0 Å². The van der Waals surface area contributed by atoms with E-state index >= 15 is 0 Å². The second kappa shape index (κ2) is 8.72. The van der Waals surface area contributed by atoms with Crippen LogP contribution >= 0.6 is 0 Å². The molecule has 1 aliphatic rings. The molecule has 0 aromatic heterocycles. The smallest absolute Gasteiger partial charge is 0.321 e. The molecule has 0 bridgehead atoms. The minimum Gasteiger partial charge on any atom is -0.457 e. The van der Waals surface area contributed by atoms with Crippen molar-refractivity contribution in [1.29, 1.82) is 0 Å². The summed E-state index contributed by atoms with van der Waals surface area (Å²) in [5.74, 6) is 2.01. The lowest BCUT2D eigenvalue weighted by Gasteiger charge is -2.32. The molecule has 1 saturated heterocycles. The molecule has 0 saturated carbocycles. The number of hydrogen-bond acceptors (Lipinski definition) is 3. The fraction of sp³-hybridized carbons (Fsp3) is 0.381.